The van der Waals surface area contributed by atoms with E-state index in [1.54, 1.807) is 23.7 Å². The van der Waals surface area contributed by atoms with Crippen LogP contribution < -0.4 is 15.1 Å². The summed E-state index contributed by atoms with van der Waals surface area (Å²) in [5.74, 6) is -2.37. The van der Waals surface area contributed by atoms with E-state index in [9.17, 15) is 28.0 Å². The van der Waals surface area contributed by atoms with Gasteiger partial charge in [0.15, 0.2) is 0 Å². The van der Waals surface area contributed by atoms with Gasteiger partial charge in [0, 0.05) is 31.0 Å². The molecule has 1 aliphatic rings. The van der Waals surface area contributed by atoms with Crippen molar-refractivity contribution in [2.24, 2.45) is 5.92 Å². The van der Waals surface area contributed by atoms with Gasteiger partial charge in [-0.1, -0.05) is 30.2 Å². The highest BCUT2D eigenvalue weighted by Gasteiger charge is 2.34. The lowest BCUT2D eigenvalue weighted by Crippen LogP contribution is -2.64. The Bertz CT molecular complexity index is 1180. The molecule has 1 aromatic heterocycles. The highest BCUT2D eigenvalue weighted by Crippen LogP contribution is 2.39. The van der Waals surface area contributed by atoms with Gasteiger partial charge in [-0.2, -0.15) is 0 Å². The molecule has 1 fully saturated rings. The van der Waals surface area contributed by atoms with Crippen LogP contribution in [0.25, 0.3) is 0 Å². The van der Waals surface area contributed by atoms with Crippen LogP contribution in [0.4, 0.5) is 5.69 Å². The minimum Gasteiger partial charge on any atom is -0.851 e. The van der Waals surface area contributed by atoms with E-state index >= 15 is 0 Å². The van der Waals surface area contributed by atoms with Gasteiger partial charge in [-0.15, -0.1) is 17.3 Å². The number of carboxylic acid groups (broad SMARTS) is 1. The molecule has 14 heteroatoms. The van der Waals surface area contributed by atoms with E-state index in [4.69, 9.17) is 9.84 Å². The zero-order valence-corrected chi connectivity index (χ0v) is 23.3. The van der Waals surface area contributed by atoms with Crippen LogP contribution in [0.15, 0.2) is 30.5 Å². The molecule has 2 atom stereocenters. The second kappa shape index (κ2) is 13.2. The van der Waals surface area contributed by atoms with Crippen molar-refractivity contribution in [1.29, 1.82) is 0 Å². The second-order valence-electron chi connectivity index (χ2n) is 10.7. The van der Waals surface area contributed by atoms with Crippen molar-refractivity contribution in [3.05, 3.63) is 41.7 Å². The standard InChI is InChI=1S/C25H38N5O8S/c1-18-24(33)23(25(18)34)19-5-7-21(8-6-19)28(11-13-38-17-22(31)32)9-10-29-15-20(26-27-29)16-30(2,3)12-4-14-39(35,36)37/h5-8,15,18,23-25H,4,9-14,16-17H2,1-3H3,(H,31,32)(H,35,36,37)/q-1/p-1. The van der Waals surface area contributed by atoms with Crippen LogP contribution in [0.3, 0.4) is 0 Å². The summed E-state index contributed by atoms with van der Waals surface area (Å²) in [5.41, 5.74) is 2.29. The predicted molar refractivity (Wildman–Crippen MR) is 136 cm³/mol. The number of aliphatic carboxylic acids is 1. The van der Waals surface area contributed by atoms with Crippen LogP contribution in [-0.4, -0.2) is 108 Å². The molecule has 0 aliphatic heterocycles. The first kappa shape index (κ1) is 30.9. The van der Waals surface area contributed by atoms with E-state index in [0.29, 0.717) is 37.2 Å². The Kier molecular flexibility index (Phi) is 10.4. The second-order valence-corrected chi connectivity index (χ2v) is 12.3. The van der Waals surface area contributed by atoms with Crippen LogP contribution in [0.5, 0.6) is 0 Å². The monoisotopic (exact) mass is 567 g/mol. The third-order valence-electron chi connectivity index (χ3n) is 7.05. The fraction of sp³-hybridized carbons (Fsp3) is 0.640. The molecule has 1 heterocycles. The van der Waals surface area contributed by atoms with Gasteiger partial charge in [0.25, 0.3) is 0 Å². The van der Waals surface area contributed by atoms with Gasteiger partial charge in [0.2, 0.25) is 0 Å². The Balaban J connectivity index is 1.61. The molecule has 1 aromatic carbocycles. The van der Waals surface area contributed by atoms with Crippen LogP contribution in [0.1, 0.15) is 30.5 Å². The molecule has 2 aromatic rings. The van der Waals surface area contributed by atoms with E-state index in [1.165, 1.54) is 0 Å². The molecule has 39 heavy (non-hydrogen) atoms. The number of hydrogen-bond acceptors (Lipinski definition) is 10. The fourth-order valence-corrected chi connectivity index (χ4v) is 5.29. The van der Waals surface area contributed by atoms with Gasteiger partial charge in [-0.05, 0) is 23.6 Å². The summed E-state index contributed by atoms with van der Waals surface area (Å²) in [4.78, 5) is 12.8. The third kappa shape index (κ3) is 9.22. The number of quaternary nitrogens is 1. The summed E-state index contributed by atoms with van der Waals surface area (Å²) < 4.78 is 40.0. The molecular formula is C25H37N5O8S-2. The lowest BCUT2D eigenvalue weighted by Gasteiger charge is -2.60. The smallest absolute Gasteiger partial charge is 0.329 e. The number of benzene rings is 1. The zero-order chi connectivity index (χ0) is 28.8. The van der Waals surface area contributed by atoms with Gasteiger partial charge >= 0.3 is 5.97 Å². The Labute approximate surface area is 228 Å². The molecule has 0 spiro atoms. The molecule has 0 amide bonds. The molecule has 218 valence electrons. The molecule has 2 unspecified atom stereocenters. The maximum Gasteiger partial charge on any atom is 0.329 e. The molecular weight excluding hydrogens is 530 g/mol. The van der Waals surface area contributed by atoms with Crippen molar-refractivity contribution < 1.29 is 42.3 Å². The van der Waals surface area contributed by atoms with Crippen molar-refractivity contribution in [2.75, 3.05) is 57.6 Å². The summed E-state index contributed by atoms with van der Waals surface area (Å²) in [6.45, 7) is 3.87. The van der Waals surface area contributed by atoms with Crippen molar-refractivity contribution >= 4 is 21.8 Å². The summed E-state index contributed by atoms with van der Waals surface area (Å²) in [6.07, 6.45) is 0.273. The van der Waals surface area contributed by atoms with Crippen molar-refractivity contribution in [3.8, 4) is 0 Å². The Morgan fingerprint density at radius 2 is 1.85 bits per heavy atom. The van der Waals surface area contributed by atoms with E-state index in [-0.39, 0.29) is 18.9 Å². The molecule has 1 N–H and O–H groups in total. The van der Waals surface area contributed by atoms with E-state index in [0.717, 1.165) is 16.9 Å². The Morgan fingerprint density at radius 1 is 1.18 bits per heavy atom. The van der Waals surface area contributed by atoms with Gasteiger partial charge in [-0.3, -0.25) is 4.68 Å². The van der Waals surface area contributed by atoms with Crippen LogP contribution in [0.2, 0.25) is 0 Å². The van der Waals surface area contributed by atoms with E-state index < -0.39 is 46.6 Å². The van der Waals surface area contributed by atoms with Gasteiger partial charge < -0.3 is 34.0 Å². The zero-order valence-electron chi connectivity index (χ0n) is 22.5. The van der Waals surface area contributed by atoms with Gasteiger partial charge in [-0.25, -0.2) is 13.2 Å². The molecule has 1 aliphatic carbocycles. The van der Waals surface area contributed by atoms with Gasteiger partial charge in [0.1, 0.15) is 18.8 Å². The maximum atomic E-state index is 12.2. The number of nitrogens with zero attached hydrogens (tertiary/aromatic N) is 5. The number of rotatable bonds is 16. The lowest BCUT2D eigenvalue weighted by molar-refractivity contribution is -0.903. The molecule has 3 rings (SSSR count). The first-order valence-corrected chi connectivity index (χ1v) is 14.4. The van der Waals surface area contributed by atoms with E-state index in [1.807, 2.05) is 37.3 Å². The Morgan fingerprint density at radius 3 is 2.46 bits per heavy atom. The highest BCUT2D eigenvalue weighted by molar-refractivity contribution is 7.85. The predicted octanol–water partition coefficient (Wildman–Crippen LogP) is -1.41. The van der Waals surface area contributed by atoms with Crippen LogP contribution in [0, 0.1) is 5.92 Å². The minimum absolute atomic E-state index is 0.187. The number of carbonyl (C=O) groups is 1. The average Bonchev–Trinajstić information content (AvgIpc) is 3.29. The third-order valence-corrected chi connectivity index (χ3v) is 7.84. The Hall–Kier alpha value is -2.62. The maximum absolute atomic E-state index is 12.2. The summed E-state index contributed by atoms with van der Waals surface area (Å²) in [7, 11) is -0.394. The minimum atomic E-state index is -4.24. The SMILES string of the molecule is CC1C([O-])C(c2ccc(N(CCOCC(=O)O)CCn3cc(C[N+](C)(C)CCCS(=O)(=O)[O-])nn3)cc2)C1[O-]. The summed E-state index contributed by atoms with van der Waals surface area (Å²) in [5, 5.41) is 41.7. The molecule has 13 nitrogen and oxygen atoms in total. The number of hydrogen-bond donors (Lipinski definition) is 1. The van der Waals surface area contributed by atoms with Crippen LogP contribution >= 0.6 is 0 Å². The topological polar surface area (TPSA) is 184 Å². The van der Waals surface area contributed by atoms with Gasteiger partial charge in [0.05, 0.1) is 50.1 Å². The average molecular weight is 568 g/mol. The first-order valence-electron chi connectivity index (χ1n) is 12.9. The largest absolute Gasteiger partial charge is 0.851 e. The normalized spacial score (nSPS) is 21.5. The van der Waals surface area contributed by atoms with Crippen molar-refractivity contribution in [2.45, 2.75) is 44.6 Å². The number of anilines is 1. The first-order chi connectivity index (χ1) is 18.3. The fourth-order valence-electron chi connectivity index (χ4n) is 4.80. The molecule has 0 bridgehead atoms. The molecule has 0 radical (unpaired) electrons. The molecule has 0 saturated heterocycles. The van der Waals surface area contributed by atoms with E-state index in [2.05, 4.69) is 10.3 Å². The number of aromatic nitrogens is 3. The summed E-state index contributed by atoms with van der Waals surface area (Å²) >= 11 is 0. The highest BCUT2D eigenvalue weighted by atomic mass is 32.2. The van der Waals surface area contributed by atoms with Crippen LogP contribution in [-0.2, 0) is 32.7 Å². The van der Waals surface area contributed by atoms with Crippen molar-refractivity contribution in [1.82, 2.24) is 15.0 Å². The summed E-state index contributed by atoms with van der Waals surface area (Å²) in [6, 6.07) is 7.31. The lowest BCUT2D eigenvalue weighted by atomic mass is 9.67. The number of ether oxygens (including phenoxy) is 1. The number of carboxylic acids is 1. The quantitative estimate of drug-likeness (QED) is 0.143. The molecule has 1 saturated carbocycles. The van der Waals surface area contributed by atoms with Crippen molar-refractivity contribution in [3.63, 3.8) is 0 Å².